The molecule has 106 valence electrons. The van der Waals surface area contributed by atoms with Crippen molar-refractivity contribution in [1.82, 2.24) is 9.88 Å². The average molecular weight is 308 g/mol. The molecule has 1 aliphatic carbocycles. The molecule has 0 aliphatic heterocycles. The molecule has 0 bridgehead atoms. The number of anilines is 1. The van der Waals surface area contributed by atoms with E-state index in [1.54, 1.807) is 11.3 Å². The molecule has 1 aromatic carbocycles. The number of benzene rings is 1. The quantitative estimate of drug-likeness (QED) is 0.904. The van der Waals surface area contributed by atoms with E-state index in [-0.39, 0.29) is 0 Å². The minimum absolute atomic E-state index is 0.305. The fourth-order valence-corrected chi connectivity index (χ4v) is 3.54. The largest absolute Gasteiger partial charge is 0.375 e. The van der Waals surface area contributed by atoms with Crippen LogP contribution >= 0.6 is 22.9 Å². The van der Waals surface area contributed by atoms with Crippen molar-refractivity contribution in [1.29, 1.82) is 0 Å². The molecule has 0 spiro atoms. The Morgan fingerprint density at radius 1 is 1.45 bits per heavy atom. The van der Waals surface area contributed by atoms with Gasteiger partial charge >= 0.3 is 0 Å². The number of hydrogen-bond donors (Lipinski definition) is 1. The lowest BCUT2D eigenvalue weighted by atomic mass is 10.1. The molecule has 3 nitrogen and oxygen atoms in total. The maximum absolute atomic E-state index is 6.34. The van der Waals surface area contributed by atoms with Crippen LogP contribution in [0.3, 0.4) is 0 Å². The van der Waals surface area contributed by atoms with Crippen molar-refractivity contribution in [2.24, 2.45) is 0 Å². The van der Waals surface area contributed by atoms with E-state index in [0.717, 1.165) is 11.6 Å². The van der Waals surface area contributed by atoms with Gasteiger partial charge in [0.05, 0.1) is 0 Å². The van der Waals surface area contributed by atoms with Gasteiger partial charge in [-0.3, -0.25) is 4.90 Å². The highest BCUT2D eigenvalue weighted by atomic mass is 35.5. The van der Waals surface area contributed by atoms with E-state index in [9.17, 15) is 0 Å². The van der Waals surface area contributed by atoms with Gasteiger partial charge in [-0.15, -0.1) is 11.3 Å². The lowest BCUT2D eigenvalue weighted by molar-refractivity contribution is 0.192. The molecule has 2 N–H and O–H groups in total. The minimum atomic E-state index is 0.305. The summed E-state index contributed by atoms with van der Waals surface area (Å²) in [4.78, 5) is 7.87. The van der Waals surface area contributed by atoms with Crippen molar-refractivity contribution < 1.29 is 0 Å². The number of hydrogen-bond acceptors (Lipinski definition) is 4. The molecule has 0 radical (unpaired) electrons. The first-order chi connectivity index (χ1) is 9.65. The van der Waals surface area contributed by atoms with Crippen LogP contribution in [0.4, 0.5) is 5.13 Å². The van der Waals surface area contributed by atoms with Gasteiger partial charge in [0, 0.05) is 34.7 Å². The first kappa shape index (κ1) is 13.9. The van der Waals surface area contributed by atoms with E-state index < -0.39 is 0 Å². The van der Waals surface area contributed by atoms with Crippen molar-refractivity contribution in [2.45, 2.75) is 38.4 Å². The summed E-state index contributed by atoms with van der Waals surface area (Å²) in [5.74, 6) is 0. The first-order valence-electron chi connectivity index (χ1n) is 6.85. The molecule has 1 aromatic heterocycles. The summed E-state index contributed by atoms with van der Waals surface area (Å²) in [5.41, 5.74) is 6.92. The van der Waals surface area contributed by atoms with E-state index in [1.165, 1.54) is 23.3 Å². The van der Waals surface area contributed by atoms with E-state index in [0.29, 0.717) is 17.2 Å². The summed E-state index contributed by atoms with van der Waals surface area (Å²) >= 11 is 7.91. The summed E-state index contributed by atoms with van der Waals surface area (Å²) in [7, 11) is 0. The second kappa shape index (κ2) is 5.72. The molecular weight excluding hydrogens is 290 g/mol. The summed E-state index contributed by atoms with van der Waals surface area (Å²) in [6, 6.07) is 9.06. The predicted octanol–water partition coefficient (Wildman–Crippen LogP) is 4.10. The molecule has 5 heteroatoms. The molecule has 1 atom stereocenters. The van der Waals surface area contributed by atoms with Crippen LogP contribution in [0.2, 0.25) is 5.02 Å². The van der Waals surface area contributed by atoms with Gasteiger partial charge in [-0.2, -0.15) is 0 Å². The van der Waals surface area contributed by atoms with Gasteiger partial charge < -0.3 is 5.73 Å². The van der Waals surface area contributed by atoms with Gasteiger partial charge in [0.15, 0.2) is 5.13 Å². The fraction of sp³-hybridized carbons (Fsp3) is 0.400. The molecule has 1 saturated carbocycles. The Morgan fingerprint density at radius 2 is 2.20 bits per heavy atom. The lowest BCUT2D eigenvalue weighted by Gasteiger charge is -2.29. The maximum atomic E-state index is 6.34. The van der Waals surface area contributed by atoms with Crippen molar-refractivity contribution in [3.05, 3.63) is 45.9 Å². The van der Waals surface area contributed by atoms with Crippen LogP contribution in [0.15, 0.2) is 30.5 Å². The van der Waals surface area contributed by atoms with E-state index in [1.807, 2.05) is 24.4 Å². The molecule has 2 aromatic rings. The van der Waals surface area contributed by atoms with Gasteiger partial charge in [-0.05, 0) is 31.4 Å². The highest BCUT2D eigenvalue weighted by Crippen LogP contribution is 2.38. The molecule has 1 fully saturated rings. The highest BCUT2D eigenvalue weighted by Gasteiger charge is 2.33. The Bertz CT molecular complexity index is 594. The number of rotatable bonds is 5. The van der Waals surface area contributed by atoms with Gasteiger partial charge in [-0.1, -0.05) is 29.8 Å². The Morgan fingerprint density at radius 3 is 2.80 bits per heavy atom. The maximum Gasteiger partial charge on any atom is 0.180 e. The van der Waals surface area contributed by atoms with Crippen molar-refractivity contribution in [3.8, 4) is 0 Å². The fourth-order valence-electron chi connectivity index (χ4n) is 2.56. The van der Waals surface area contributed by atoms with E-state index in [2.05, 4.69) is 22.9 Å². The highest BCUT2D eigenvalue weighted by molar-refractivity contribution is 7.15. The molecule has 1 aliphatic rings. The van der Waals surface area contributed by atoms with E-state index >= 15 is 0 Å². The molecular formula is C15H18ClN3S. The number of halogens is 1. The van der Waals surface area contributed by atoms with Crippen LogP contribution in [0.1, 0.15) is 36.2 Å². The third-order valence-electron chi connectivity index (χ3n) is 3.78. The zero-order valence-electron chi connectivity index (χ0n) is 11.4. The number of nitrogens with two attached hydrogens (primary N) is 1. The zero-order valence-corrected chi connectivity index (χ0v) is 13.0. The molecule has 0 saturated heterocycles. The van der Waals surface area contributed by atoms with Crippen LogP contribution in [-0.2, 0) is 6.54 Å². The minimum Gasteiger partial charge on any atom is -0.375 e. The molecule has 1 heterocycles. The molecule has 0 amide bonds. The Labute approximate surface area is 128 Å². The number of nitrogen functional groups attached to an aromatic ring is 1. The second-order valence-electron chi connectivity index (χ2n) is 5.27. The van der Waals surface area contributed by atoms with Crippen molar-refractivity contribution >= 4 is 28.1 Å². The van der Waals surface area contributed by atoms with Crippen LogP contribution < -0.4 is 5.73 Å². The Kier molecular flexibility index (Phi) is 3.96. The Balaban J connectivity index is 1.81. The van der Waals surface area contributed by atoms with Crippen LogP contribution in [0.5, 0.6) is 0 Å². The summed E-state index contributed by atoms with van der Waals surface area (Å²) in [6.07, 6.45) is 4.42. The third-order valence-corrected chi connectivity index (χ3v) is 4.93. The van der Waals surface area contributed by atoms with Gasteiger partial charge in [0.2, 0.25) is 0 Å². The van der Waals surface area contributed by atoms with Crippen LogP contribution in [-0.4, -0.2) is 15.9 Å². The standard InChI is InChI=1S/C15H18ClN3S/c1-10(13-4-2-3-5-14(13)16)19(11-6-7-11)9-12-8-18-15(17)20-12/h2-5,8,10-11H,6-7,9H2,1H3,(H2,17,18). The van der Waals surface area contributed by atoms with Crippen LogP contribution in [0, 0.1) is 0 Å². The van der Waals surface area contributed by atoms with Crippen molar-refractivity contribution in [2.75, 3.05) is 5.73 Å². The van der Waals surface area contributed by atoms with Gasteiger partial charge in [-0.25, -0.2) is 4.98 Å². The van der Waals surface area contributed by atoms with Gasteiger partial charge in [0.1, 0.15) is 0 Å². The number of nitrogens with zero attached hydrogens (tertiary/aromatic N) is 2. The van der Waals surface area contributed by atoms with Crippen molar-refractivity contribution in [3.63, 3.8) is 0 Å². The molecule has 3 rings (SSSR count). The number of thiazole rings is 1. The summed E-state index contributed by atoms with van der Waals surface area (Å²) in [6.45, 7) is 3.12. The first-order valence-corrected chi connectivity index (χ1v) is 8.05. The molecule has 20 heavy (non-hydrogen) atoms. The Hall–Kier alpha value is -1.10. The zero-order chi connectivity index (χ0) is 14.1. The lowest BCUT2D eigenvalue weighted by Crippen LogP contribution is -2.28. The average Bonchev–Trinajstić information content (AvgIpc) is 3.19. The van der Waals surface area contributed by atoms with Gasteiger partial charge in [0.25, 0.3) is 0 Å². The smallest absolute Gasteiger partial charge is 0.180 e. The SMILES string of the molecule is CC(c1ccccc1Cl)N(Cc1cnc(N)s1)C1CC1. The second-order valence-corrected chi connectivity index (χ2v) is 6.82. The van der Waals surface area contributed by atoms with E-state index in [4.69, 9.17) is 17.3 Å². The topological polar surface area (TPSA) is 42.2 Å². The third kappa shape index (κ3) is 2.97. The molecule has 1 unspecified atom stereocenters. The summed E-state index contributed by atoms with van der Waals surface area (Å²) in [5, 5.41) is 1.48. The number of aromatic nitrogens is 1. The predicted molar refractivity (Wildman–Crippen MR) is 85.0 cm³/mol. The van der Waals surface area contributed by atoms with Crippen LogP contribution in [0.25, 0.3) is 0 Å². The summed E-state index contributed by atoms with van der Waals surface area (Å²) < 4.78 is 0. The normalized spacial score (nSPS) is 16.6. The monoisotopic (exact) mass is 307 g/mol.